The minimum atomic E-state index is -0.221. The largest absolute Gasteiger partial charge is 0.478 e. The quantitative estimate of drug-likeness (QED) is 0.606. The van der Waals surface area contributed by atoms with Crippen molar-refractivity contribution in [3.05, 3.63) is 45.9 Å². The highest BCUT2D eigenvalue weighted by Gasteiger charge is 2.19. The van der Waals surface area contributed by atoms with Crippen LogP contribution in [0, 0.1) is 0 Å². The molecule has 0 unspecified atom stereocenters. The number of carbonyl (C=O) groups excluding carboxylic acids is 1. The van der Waals surface area contributed by atoms with Gasteiger partial charge in [-0.05, 0) is 49.6 Å². The van der Waals surface area contributed by atoms with Crippen LogP contribution in [0.5, 0.6) is 5.88 Å². The van der Waals surface area contributed by atoms with Crippen molar-refractivity contribution in [3.8, 4) is 5.88 Å². The average Bonchev–Trinajstić information content (AvgIpc) is 2.96. The molecule has 1 saturated heterocycles. The fraction of sp³-hybridized carbons (Fsp3) is 0.455. The lowest BCUT2D eigenvalue weighted by Crippen LogP contribution is -2.46. The molecule has 1 fully saturated rings. The standard InChI is InChI=1S/C22H27Cl2N5O2/c23-17-4-3-5-18(20(17)24)29-13-11-28(12-14-29)10-1-2-15-31-19-7-6-16-8-9-25-22(30)27-21(16)26-19/h3-7H,1-2,8-15H2,(H2,25,26,27,30). The summed E-state index contributed by atoms with van der Waals surface area (Å²) in [5, 5.41) is 6.77. The number of urea groups is 1. The van der Waals surface area contributed by atoms with Crippen molar-refractivity contribution in [1.82, 2.24) is 15.2 Å². The molecule has 7 nitrogen and oxygen atoms in total. The van der Waals surface area contributed by atoms with Crippen molar-refractivity contribution in [2.45, 2.75) is 19.3 Å². The second-order valence-electron chi connectivity index (χ2n) is 7.75. The van der Waals surface area contributed by atoms with Gasteiger partial charge in [-0.3, -0.25) is 10.2 Å². The Bertz CT molecular complexity index is 919. The third-order valence-corrected chi connectivity index (χ3v) is 6.44. The number of carbonyl (C=O) groups is 1. The smallest absolute Gasteiger partial charge is 0.320 e. The van der Waals surface area contributed by atoms with Gasteiger partial charge in [-0.25, -0.2) is 4.79 Å². The summed E-state index contributed by atoms with van der Waals surface area (Å²) in [6.45, 7) is 6.15. The zero-order valence-electron chi connectivity index (χ0n) is 17.4. The van der Waals surface area contributed by atoms with Crippen molar-refractivity contribution in [1.29, 1.82) is 0 Å². The number of rotatable bonds is 7. The fourth-order valence-electron chi connectivity index (χ4n) is 3.89. The zero-order valence-corrected chi connectivity index (χ0v) is 18.9. The number of fused-ring (bicyclic) bond motifs is 1. The van der Waals surface area contributed by atoms with Crippen LogP contribution in [0.1, 0.15) is 18.4 Å². The summed E-state index contributed by atoms with van der Waals surface area (Å²) >= 11 is 12.5. The number of hydrogen-bond donors (Lipinski definition) is 2. The monoisotopic (exact) mass is 463 g/mol. The Labute approximate surface area is 192 Å². The van der Waals surface area contributed by atoms with E-state index < -0.39 is 0 Å². The minimum Gasteiger partial charge on any atom is -0.478 e. The molecule has 0 atom stereocenters. The molecule has 0 saturated carbocycles. The number of anilines is 2. The summed E-state index contributed by atoms with van der Waals surface area (Å²) in [6, 6.07) is 9.41. The van der Waals surface area contributed by atoms with Gasteiger partial charge in [0.2, 0.25) is 5.88 Å². The Morgan fingerprint density at radius 1 is 1.06 bits per heavy atom. The minimum absolute atomic E-state index is 0.221. The number of ether oxygens (including phenoxy) is 1. The average molecular weight is 464 g/mol. The number of nitrogens with one attached hydrogen (secondary N) is 2. The van der Waals surface area contributed by atoms with Crippen molar-refractivity contribution >= 4 is 40.7 Å². The van der Waals surface area contributed by atoms with E-state index in [1.54, 1.807) is 0 Å². The molecule has 4 rings (SSSR count). The van der Waals surface area contributed by atoms with Crippen LogP contribution in [-0.4, -0.2) is 61.8 Å². The van der Waals surface area contributed by atoms with Gasteiger partial charge in [-0.15, -0.1) is 0 Å². The van der Waals surface area contributed by atoms with E-state index in [4.69, 9.17) is 27.9 Å². The van der Waals surface area contributed by atoms with E-state index >= 15 is 0 Å². The zero-order chi connectivity index (χ0) is 21.6. The first-order chi connectivity index (χ1) is 15.1. The molecule has 0 radical (unpaired) electrons. The first kappa shape index (κ1) is 22.0. The van der Waals surface area contributed by atoms with Gasteiger partial charge in [0, 0.05) is 38.8 Å². The van der Waals surface area contributed by atoms with Crippen LogP contribution < -0.4 is 20.3 Å². The Balaban J connectivity index is 1.16. The van der Waals surface area contributed by atoms with E-state index in [0.29, 0.717) is 34.9 Å². The van der Waals surface area contributed by atoms with Crippen LogP contribution in [0.3, 0.4) is 0 Å². The maximum Gasteiger partial charge on any atom is 0.320 e. The van der Waals surface area contributed by atoms with Gasteiger partial charge in [-0.2, -0.15) is 4.98 Å². The molecular formula is C22H27Cl2N5O2. The molecule has 0 aliphatic carbocycles. The predicted molar refractivity (Wildman–Crippen MR) is 125 cm³/mol. The Hall–Kier alpha value is -2.22. The molecule has 166 valence electrons. The van der Waals surface area contributed by atoms with Crippen LogP contribution in [-0.2, 0) is 6.42 Å². The van der Waals surface area contributed by atoms with E-state index in [1.165, 1.54) is 0 Å². The number of hydrogen-bond acceptors (Lipinski definition) is 5. The number of piperazine rings is 1. The Morgan fingerprint density at radius 3 is 2.74 bits per heavy atom. The van der Waals surface area contributed by atoms with Crippen LogP contribution in [0.4, 0.5) is 16.3 Å². The number of nitrogens with zero attached hydrogens (tertiary/aromatic N) is 3. The lowest BCUT2D eigenvalue weighted by Gasteiger charge is -2.36. The predicted octanol–water partition coefficient (Wildman–Crippen LogP) is 4.05. The molecule has 0 bridgehead atoms. The van der Waals surface area contributed by atoms with Gasteiger partial charge < -0.3 is 15.0 Å². The second kappa shape index (κ2) is 10.4. The van der Waals surface area contributed by atoms with E-state index in [9.17, 15) is 4.79 Å². The third kappa shape index (κ3) is 5.73. The van der Waals surface area contributed by atoms with Gasteiger partial charge >= 0.3 is 6.03 Å². The SMILES string of the molecule is O=C1NCCc2ccc(OCCCCN3CCN(c4cccc(Cl)c4Cl)CC3)nc2N1. The highest BCUT2D eigenvalue weighted by atomic mass is 35.5. The lowest BCUT2D eigenvalue weighted by atomic mass is 10.2. The van der Waals surface area contributed by atoms with Crippen molar-refractivity contribution < 1.29 is 9.53 Å². The van der Waals surface area contributed by atoms with E-state index in [1.807, 2.05) is 30.3 Å². The van der Waals surface area contributed by atoms with E-state index in [-0.39, 0.29) is 6.03 Å². The summed E-state index contributed by atoms with van der Waals surface area (Å²) in [5.41, 5.74) is 2.03. The molecule has 2 aromatic rings. The number of aromatic nitrogens is 1. The fourth-order valence-corrected chi connectivity index (χ4v) is 4.30. The van der Waals surface area contributed by atoms with Gasteiger partial charge in [0.15, 0.2) is 0 Å². The molecule has 1 aromatic heterocycles. The Kier molecular flexibility index (Phi) is 7.37. The first-order valence-corrected chi connectivity index (χ1v) is 11.4. The van der Waals surface area contributed by atoms with E-state index in [0.717, 1.165) is 63.2 Å². The molecule has 2 N–H and O–H groups in total. The van der Waals surface area contributed by atoms with Crippen LogP contribution in [0.15, 0.2) is 30.3 Å². The molecule has 2 aliphatic rings. The Morgan fingerprint density at radius 2 is 1.90 bits per heavy atom. The van der Waals surface area contributed by atoms with Gasteiger partial charge in [0.25, 0.3) is 0 Å². The highest BCUT2D eigenvalue weighted by molar-refractivity contribution is 6.43. The number of pyridine rings is 1. The molecule has 1 aromatic carbocycles. The highest BCUT2D eigenvalue weighted by Crippen LogP contribution is 2.32. The summed E-state index contributed by atoms with van der Waals surface area (Å²) < 4.78 is 5.80. The molecule has 0 spiro atoms. The van der Waals surface area contributed by atoms with Crippen molar-refractivity contribution in [2.75, 3.05) is 56.1 Å². The summed E-state index contributed by atoms with van der Waals surface area (Å²) in [7, 11) is 0. The molecule has 31 heavy (non-hydrogen) atoms. The number of unbranched alkanes of at least 4 members (excludes halogenated alkanes) is 1. The summed E-state index contributed by atoms with van der Waals surface area (Å²) in [5.74, 6) is 1.14. The molecule has 9 heteroatoms. The number of amides is 2. The summed E-state index contributed by atoms with van der Waals surface area (Å²) in [6.07, 6.45) is 2.77. The van der Waals surface area contributed by atoms with Crippen LogP contribution >= 0.6 is 23.2 Å². The maximum atomic E-state index is 11.6. The molecular weight excluding hydrogens is 437 g/mol. The van der Waals surface area contributed by atoms with Crippen LogP contribution in [0.25, 0.3) is 0 Å². The topological polar surface area (TPSA) is 69.7 Å². The number of halogens is 2. The maximum absolute atomic E-state index is 11.6. The van der Waals surface area contributed by atoms with Crippen molar-refractivity contribution in [3.63, 3.8) is 0 Å². The molecule has 3 heterocycles. The van der Waals surface area contributed by atoms with E-state index in [2.05, 4.69) is 25.4 Å². The van der Waals surface area contributed by atoms with Gasteiger partial charge in [-0.1, -0.05) is 29.3 Å². The van der Waals surface area contributed by atoms with Gasteiger partial charge in [0.1, 0.15) is 5.82 Å². The second-order valence-corrected chi connectivity index (χ2v) is 8.53. The third-order valence-electron chi connectivity index (χ3n) is 5.63. The summed E-state index contributed by atoms with van der Waals surface area (Å²) in [4.78, 5) is 20.8. The normalized spacial score (nSPS) is 16.8. The van der Waals surface area contributed by atoms with Crippen LogP contribution in [0.2, 0.25) is 10.0 Å². The first-order valence-electron chi connectivity index (χ1n) is 10.7. The van der Waals surface area contributed by atoms with Crippen molar-refractivity contribution in [2.24, 2.45) is 0 Å². The lowest BCUT2D eigenvalue weighted by molar-refractivity contribution is 0.236. The number of benzene rings is 1. The molecule has 2 amide bonds. The molecule has 2 aliphatic heterocycles. The van der Waals surface area contributed by atoms with Gasteiger partial charge in [0.05, 0.1) is 22.3 Å².